The fourth-order valence-corrected chi connectivity index (χ4v) is 1.97. The van der Waals surface area contributed by atoms with Gasteiger partial charge in [-0.15, -0.1) is 0 Å². The summed E-state index contributed by atoms with van der Waals surface area (Å²) < 4.78 is 0. The van der Waals surface area contributed by atoms with Crippen molar-refractivity contribution < 1.29 is 0 Å². The lowest BCUT2D eigenvalue weighted by Crippen LogP contribution is -2.24. The maximum atomic E-state index is 2.33. The highest BCUT2D eigenvalue weighted by Gasteiger charge is 2.41. The van der Waals surface area contributed by atoms with E-state index in [0.717, 1.165) is 11.8 Å². The van der Waals surface area contributed by atoms with Crippen molar-refractivity contribution in [3.05, 3.63) is 5.92 Å². The molecule has 0 N–H and O–H groups in total. The fraction of sp³-hybridized carbons (Fsp3) is 0.889. The molecule has 1 radical (unpaired) electrons. The summed E-state index contributed by atoms with van der Waals surface area (Å²) in [6.07, 6.45) is 7.43. The molecule has 51 valence electrons. The molecule has 0 aromatic heterocycles. The first-order valence-electron chi connectivity index (χ1n) is 4.27. The predicted molar refractivity (Wildman–Crippen MR) is 39.0 cm³/mol. The Hall–Kier alpha value is 0. The van der Waals surface area contributed by atoms with Crippen molar-refractivity contribution >= 4 is 0 Å². The van der Waals surface area contributed by atoms with Crippen molar-refractivity contribution in [3.8, 4) is 0 Å². The third-order valence-corrected chi connectivity index (χ3v) is 2.90. The summed E-state index contributed by atoms with van der Waals surface area (Å²) in [4.78, 5) is 0. The van der Waals surface area contributed by atoms with Gasteiger partial charge in [0.15, 0.2) is 0 Å². The average Bonchev–Trinajstić information content (AvgIpc) is 2.48. The second kappa shape index (κ2) is 2.00. The molecule has 9 heavy (non-hydrogen) atoms. The molecule has 1 atom stereocenters. The molecule has 0 amide bonds. The van der Waals surface area contributed by atoms with Crippen molar-refractivity contribution in [1.82, 2.24) is 0 Å². The van der Waals surface area contributed by atoms with E-state index in [0.29, 0.717) is 0 Å². The van der Waals surface area contributed by atoms with Crippen molar-refractivity contribution in [2.75, 3.05) is 0 Å². The van der Waals surface area contributed by atoms with E-state index in [2.05, 4.69) is 6.92 Å². The Kier molecular flexibility index (Phi) is 1.28. The minimum absolute atomic E-state index is 1.05. The van der Waals surface area contributed by atoms with Crippen LogP contribution in [0.1, 0.15) is 39.0 Å². The Bertz CT molecular complexity index is 101. The SMILES string of the molecule is CCC1CC[C]1C1CC1. The Balaban J connectivity index is 1.83. The molecular weight excluding hydrogens is 108 g/mol. The van der Waals surface area contributed by atoms with Crippen LogP contribution in [0.15, 0.2) is 0 Å². The quantitative estimate of drug-likeness (QED) is 0.529. The molecule has 2 rings (SSSR count). The molecule has 0 aromatic carbocycles. The zero-order valence-electron chi connectivity index (χ0n) is 6.19. The van der Waals surface area contributed by atoms with Crippen LogP contribution in [0.2, 0.25) is 0 Å². The molecular formula is C9H15. The maximum Gasteiger partial charge on any atom is -0.0179 e. The van der Waals surface area contributed by atoms with Crippen LogP contribution < -0.4 is 0 Å². The highest BCUT2D eigenvalue weighted by molar-refractivity contribution is 5.13. The minimum atomic E-state index is 1.05. The van der Waals surface area contributed by atoms with E-state index in [4.69, 9.17) is 0 Å². The summed E-state index contributed by atoms with van der Waals surface area (Å²) in [5.41, 5.74) is 0. The smallest absolute Gasteiger partial charge is 0.0179 e. The van der Waals surface area contributed by atoms with Crippen LogP contribution in [0.3, 0.4) is 0 Å². The summed E-state index contributed by atoms with van der Waals surface area (Å²) in [6.45, 7) is 2.33. The van der Waals surface area contributed by atoms with Gasteiger partial charge in [0.25, 0.3) is 0 Å². The van der Waals surface area contributed by atoms with E-state index in [1.165, 1.54) is 32.1 Å². The van der Waals surface area contributed by atoms with Gasteiger partial charge in [-0.3, -0.25) is 0 Å². The lowest BCUT2D eigenvalue weighted by molar-refractivity contribution is 0.320. The molecule has 2 saturated carbocycles. The normalized spacial score (nSPS) is 36.3. The highest BCUT2D eigenvalue weighted by atomic mass is 14.5. The molecule has 0 aromatic rings. The van der Waals surface area contributed by atoms with Gasteiger partial charge in [0, 0.05) is 0 Å². The summed E-state index contributed by atoms with van der Waals surface area (Å²) in [5, 5.41) is 0. The largest absolute Gasteiger partial charge is 0.0651 e. The zero-order chi connectivity index (χ0) is 6.27. The number of hydrogen-bond donors (Lipinski definition) is 0. The molecule has 0 aliphatic heterocycles. The molecule has 0 heteroatoms. The Labute approximate surface area is 57.6 Å². The van der Waals surface area contributed by atoms with Gasteiger partial charge in [-0.05, 0) is 43.4 Å². The minimum Gasteiger partial charge on any atom is -0.0651 e. The molecule has 0 spiro atoms. The monoisotopic (exact) mass is 123 g/mol. The van der Waals surface area contributed by atoms with Crippen molar-refractivity contribution in [3.63, 3.8) is 0 Å². The average molecular weight is 123 g/mol. The standard InChI is InChI=1S/C9H15/c1-2-7-5-6-9(7)8-3-4-8/h7-8H,2-6H2,1H3. The Morgan fingerprint density at radius 2 is 2.11 bits per heavy atom. The zero-order valence-corrected chi connectivity index (χ0v) is 6.19. The second-order valence-electron chi connectivity index (χ2n) is 3.49. The Morgan fingerprint density at radius 1 is 1.33 bits per heavy atom. The van der Waals surface area contributed by atoms with E-state index in [1.54, 1.807) is 0 Å². The van der Waals surface area contributed by atoms with Gasteiger partial charge < -0.3 is 0 Å². The summed E-state index contributed by atoms with van der Waals surface area (Å²) in [7, 11) is 0. The number of rotatable bonds is 2. The lowest BCUT2D eigenvalue weighted by atomic mass is 9.70. The van der Waals surface area contributed by atoms with Crippen molar-refractivity contribution in [2.24, 2.45) is 11.8 Å². The summed E-state index contributed by atoms with van der Waals surface area (Å²) >= 11 is 0. The van der Waals surface area contributed by atoms with Crippen LogP contribution in [0, 0.1) is 17.8 Å². The second-order valence-corrected chi connectivity index (χ2v) is 3.49. The fourth-order valence-electron chi connectivity index (χ4n) is 1.97. The number of hydrogen-bond acceptors (Lipinski definition) is 0. The first kappa shape index (κ1) is 5.76. The topological polar surface area (TPSA) is 0 Å². The van der Waals surface area contributed by atoms with Gasteiger partial charge in [-0.25, -0.2) is 0 Å². The lowest BCUT2D eigenvalue weighted by Gasteiger charge is -2.35. The van der Waals surface area contributed by atoms with E-state index in [9.17, 15) is 0 Å². The third-order valence-electron chi connectivity index (χ3n) is 2.90. The van der Waals surface area contributed by atoms with Gasteiger partial charge in [0.2, 0.25) is 0 Å². The van der Waals surface area contributed by atoms with E-state index < -0.39 is 0 Å². The van der Waals surface area contributed by atoms with Crippen LogP contribution in [0.4, 0.5) is 0 Å². The van der Waals surface area contributed by atoms with E-state index in [-0.39, 0.29) is 0 Å². The molecule has 0 nitrogen and oxygen atoms in total. The Morgan fingerprint density at radius 3 is 2.44 bits per heavy atom. The van der Waals surface area contributed by atoms with Crippen LogP contribution >= 0.6 is 0 Å². The van der Waals surface area contributed by atoms with Crippen LogP contribution in [-0.2, 0) is 0 Å². The molecule has 2 fully saturated rings. The van der Waals surface area contributed by atoms with Crippen LogP contribution in [0.5, 0.6) is 0 Å². The van der Waals surface area contributed by atoms with Crippen LogP contribution in [-0.4, -0.2) is 0 Å². The highest BCUT2D eigenvalue weighted by Crippen LogP contribution is 2.52. The van der Waals surface area contributed by atoms with Crippen LogP contribution in [0.25, 0.3) is 0 Å². The van der Waals surface area contributed by atoms with Gasteiger partial charge in [0.05, 0.1) is 0 Å². The predicted octanol–water partition coefficient (Wildman–Crippen LogP) is 2.79. The van der Waals surface area contributed by atoms with E-state index >= 15 is 0 Å². The third kappa shape index (κ3) is 0.889. The summed E-state index contributed by atoms with van der Waals surface area (Å²) in [6, 6.07) is 0. The van der Waals surface area contributed by atoms with Gasteiger partial charge >= 0.3 is 0 Å². The van der Waals surface area contributed by atoms with Gasteiger partial charge in [-0.1, -0.05) is 13.3 Å². The molecule has 0 bridgehead atoms. The molecule has 0 heterocycles. The van der Waals surface area contributed by atoms with Crippen molar-refractivity contribution in [1.29, 1.82) is 0 Å². The molecule has 2 aliphatic carbocycles. The van der Waals surface area contributed by atoms with Crippen molar-refractivity contribution in [2.45, 2.75) is 39.0 Å². The summed E-state index contributed by atoms with van der Waals surface area (Å²) in [5.74, 6) is 4.08. The molecule has 1 unspecified atom stereocenters. The van der Waals surface area contributed by atoms with Gasteiger partial charge in [-0.2, -0.15) is 0 Å². The van der Waals surface area contributed by atoms with E-state index in [1.807, 2.05) is 5.92 Å². The first-order valence-corrected chi connectivity index (χ1v) is 4.27. The molecule has 0 saturated heterocycles. The van der Waals surface area contributed by atoms with Gasteiger partial charge in [0.1, 0.15) is 0 Å². The first-order chi connectivity index (χ1) is 4.42. The molecule has 2 aliphatic rings. The maximum absolute atomic E-state index is 2.33.